The number of anilines is 1. The van der Waals surface area contributed by atoms with Crippen molar-refractivity contribution in [3.05, 3.63) is 54.0 Å². The van der Waals surface area contributed by atoms with Gasteiger partial charge < -0.3 is 9.73 Å². The second kappa shape index (κ2) is 7.43. The first-order valence-corrected chi connectivity index (χ1v) is 8.84. The second-order valence-corrected chi connectivity index (χ2v) is 6.95. The monoisotopic (exact) mass is 358 g/mol. The molecule has 0 fully saturated rings. The third-order valence-corrected chi connectivity index (χ3v) is 4.37. The van der Waals surface area contributed by atoms with Crippen LogP contribution < -0.4 is 9.62 Å². The van der Waals surface area contributed by atoms with E-state index < -0.39 is 27.6 Å². The van der Waals surface area contributed by atoms with E-state index in [1.54, 1.807) is 12.1 Å². The summed E-state index contributed by atoms with van der Waals surface area (Å²) in [4.78, 5) is 11.8. The highest BCUT2D eigenvalue weighted by Crippen LogP contribution is 2.20. The Morgan fingerprint density at radius 2 is 2.00 bits per heavy atom. The maximum Gasteiger partial charge on any atom is 0.232 e. The molecule has 0 spiro atoms. The number of hydrogen-bond acceptors (Lipinski definition) is 4. The van der Waals surface area contributed by atoms with Crippen LogP contribution in [0.5, 0.6) is 0 Å². The van der Waals surface area contributed by atoms with Gasteiger partial charge in [-0.15, -0.1) is 0 Å². The minimum atomic E-state index is -3.76. The van der Waals surface area contributed by atoms with E-state index in [9.17, 15) is 22.0 Å². The van der Waals surface area contributed by atoms with Crippen LogP contribution in [0.2, 0.25) is 0 Å². The lowest BCUT2D eigenvalue weighted by Crippen LogP contribution is -2.34. The molecular formula is C15H16F2N2O4S. The van der Waals surface area contributed by atoms with Crippen molar-refractivity contribution in [2.45, 2.75) is 13.0 Å². The average Bonchev–Trinajstić information content (AvgIpc) is 3.01. The van der Waals surface area contributed by atoms with Gasteiger partial charge in [0, 0.05) is 19.0 Å². The van der Waals surface area contributed by atoms with Gasteiger partial charge in [-0.1, -0.05) is 0 Å². The highest BCUT2D eigenvalue weighted by atomic mass is 32.2. The zero-order valence-corrected chi connectivity index (χ0v) is 13.6. The Hall–Kier alpha value is -2.42. The first kappa shape index (κ1) is 17.9. The zero-order valence-electron chi connectivity index (χ0n) is 12.8. The van der Waals surface area contributed by atoms with Gasteiger partial charge in [0.15, 0.2) is 11.6 Å². The fourth-order valence-electron chi connectivity index (χ4n) is 2.02. The number of benzene rings is 1. The molecule has 24 heavy (non-hydrogen) atoms. The topological polar surface area (TPSA) is 79.6 Å². The molecule has 0 bridgehead atoms. The van der Waals surface area contributed by atoms with Crippen LogP contribution in [-0.4, -0.2) is 27.1 Å². The molecule has 130 valence electrons. The summed E-state index contributed by atoms with van der Waals surface area (Å²) in [5.74, 6) is -2.08. The molecule has 0 unspecified atom stereocenters. The van der Waals surface area contributed by atoms with E-state index in [1.165, 1.54) is 6.26 Å². The van der Waals surface area contributed by atoms with Gasteiger partial charge in [0.25, 0.3) is 0 Å². The first-order chi connectivity index (χ1) is 11.3. The molecule has 1 amide bonds. The van der Waals surface area contributed by atoms with Crippen LogP contribution in [0, 0.1) is 11.6 Å². The Morgan fingerprint density at radius 1 is 1.25 bits per heavy atom. The van der Waals surface area contributed by atoms with Crippen LogP contribution in [0.1, 0.15) is 12.2 Å². The molecule has 1 heterocycles. The summed E-state index contributed by atoms with van der Waals surface area (Å²) in [6.07, 6.45) is 2.25. The average molecular weight is 358 g/mol. The Bertz CT molecular complexity index is 807. The van der Waals surface area contributed by atoms with E-state index >= 15 is 0 Å². The molecule has 1 aromatic heterocycles. The molecular weight excluding hydrogens is 342 g/mol. The summed E-state index contributed by atoms with van der Waals surface area (Å²) in [5.41, 5.74) is -0.0461. The molecule has 0 saturated carbocycles. The van der Waals surface area contributed by atoms with Crippen molar-refractivity contribution in [2.75, 3.05) is 17.1 Å². The van der Waals surface area contributed by atoms with Crippen molar-refractivity contribution < 1.29 is 26.4 Å². The standard InChI is InChI=1S/C15H16F2N2O4S/c1-24(21,22)19(11-4-5-13(16)14(17)9-11)7-6-15(20)18-10-12-3-2-8-23-12/h2-5,8-9H,6-7,10H2,1H3,(H,18,20). The van der Waals surface area contributed by atoms with E-state index in [1.807, 2.05) is 0 Å². The second-order valence-electron chi connectivity index (χ2n) is 5.04. The van der Waals surface area contributed by atoms with Crippen LogP contribution >= 0.6 is 0 Å². The molecule has 2 aromatic rings. The number of nitrogens with zero attached hydrogens (tertiary/aromatic N) is 1. The maximum absolute atomic E-state index is 13.3. The number of halogens is 2. The van der Waals surface area contributed by atoms with Crippen molar-refractivity contribution in [3.63, 3.8) is 0 Å². The summed E-state index contributed by atoms with van der Waals surface area (Å²) >= 11 is 0. The van der Waals surface area contributed by atoms with E-state index in [4.69, 9.17) is 4.42 Å². The third-order valence-electron chi connectivity index (χ3n) is 3.17. The molecule has 0 aliphatic carbocycles. The van der Waals surface area contributed by atoms with Crippen LogP contribution in [0.25, 0.3) is 0 Å². The summed E-state index contributed by atoms with van der Waals surface area (Å²) < 4.78 is 55.9. The quantitative estimate of drug-likeness (QED) is 0.821. The minimum Gasteiger partial charge on any atom is -0.467 e. The Labute approximate surface area is 138 Å². The predicted octanol–water partition coefficient (Wildman–Crippen LogP) is 2.03. The third kappa shape index (κ3) is 4.79. The smallest absolute Gasteiger partial charge is 0.232 e. The van der Waals surface area contributed by atoms with Gasteiger partial charge in [0.2, 0.25) is 15.9 Å². The highest BCUT2D eigenvalue weighted by Gasteiger charge is 2.20. The lowest BCUT2D eigenvalue weighted by Gasteiger charge is -2.22. The summed E-state index contributed by atoms with van der Waals surface area (Å²) in [6.45, 7) is -0.0240. The first-order valence-electron chi connectivity index (χ1n) is 6.99. The lowest BCUT2D eigenvalue weighted by atomic mass is 10.3. The van der Waals surface area contributed by atoms with Crippen LogP contribution in [0.4, 0.5) is 14.5 Å². The van der Waals surface area contributed by atoms with Crippen molar-refractivity contribution in [1.82, 2.24) is 5.32 Å². The molecule has 2 rings (SSSR count). The maximum atomic E-state index is 13.3. The van der Waals surface area contributed by atoms with Crippen molar-refractivity contribution in [2.24, 2.45) is 0 Å². The number of carbonyl (C=O) groups excluding carboxylic acids is 1. The van der Waals surface area contributed by atoms with Crippen molar-refractivity contribution in [1.29, 1.82) is 0 Å². The van der Waals surface area contributed by atoms with Crippen molar-refractivity contribution in [3.8, 4) is 0 Å². The molecule has 6 nitrogen and oxygen atoms in total. The van der Waals surface area contributed by atoms with Gasteiger partial charge in [-0.05, 0) is 24.3 Å². The largest absolute Gasteiger partial charge is 0.467 e. The molecule has 0 aliphatic rings. The number of rotatable bonds is 7. The van der Waals surface area contributed by atoms with E-state index in [2.05, 4.69) is 5.32 Å². The van der Waals surface area contributed by atoms with Crippen LogP contribution in [0.3, 0.4) is 0 Å². The van der Waals surface area contributed by atoms with Crippen LogP contribution in [-0.2, 0) is 21.4 Å². The Morgan fingerprint density at radius 3 is 2.58 bits per heavy atom. The molecule has 0 atom stereocenters. The predicted molar refractivity (Wildman–Crippen MR) is 83.7 cm³/mol. The van der Waals surface area contributed by atoms with E-state index in [0.29, 0.717) is 5.76 Å². The number of amides is 1. The molecule has 0 aliphatic heterocycles. The Balaban J connectivity index is 2.01. The summed E-state index contributed by atoms with van der Waals surface area (Å²) in [6, 6.07) is 6.11. The highest BCUT2D eigenvalue weighted by molar-refractivity contribution is 7.92. The van der Waals surface area contributed by atoms with Crippen LogP contribution in [0.15, 0.2) is 41.0 Å². The van der Waals surface area contributed by atoms with E-state index in [-0.39, 0.29) is 25.2 Å². The number of furan rings is 1. The van der Waals surface area contributed by atoms with Gasteiger partial charge in [0.1, 0.15) is 5.76 Å². The van der Waals surface area contributed by atoms with Gasteiger partial charge >= 0.3 is 0 Å². The lowest BCUT2D eigenvalue weighted by molar-refractivity contribution is -0.121. The minimum absolute atomic E-state index is 0.0461. The van der Waals surface area contributed by atoms with Gasteiger partial charge in [-0.25, -0.2) is 17.2 Å². The number of nitrogens with one attached hydrogen (secondary N) is 1. The number of carbonyl (C=O) groups is 1. The van der Waals surface area contributed by atoms with Gasteiger partial charge in [-0.3, -0.25) is 9.10 Å². The van der Waals surface area contributed by atoms with Gasteiger partial charge in [0.05, 0.1) is 24.8 Å². The normalized spacial score (nSPS) is 11.3. The Kier molecular flexibility index (Phi) is 5.55. The fraction of sp³-hybridized carbons (Fsp3) is 0.267. The SMILES string of the molecule is CS(=O)(=O)N(CCC(=O)NCc1ccco1)c1ccc(F)c(F)c1. The molecule has 9 heteroatoms. The molecule has 0 saturated heterocycles. The fourth-order valence-corrected chi connectivity index (χ4v) is 2.94. The molecule has 1 aromatic carbocycles. The number of sulfonamides is 1. The summed E-state index contributed by atoms with van der Waals surface area (Å²) in [5, 5.41) is 2.58. The van der Waals surface area contributed by atoms with Crippen molar-refractivity contribution >= 4 is 21.6 Å². The summed E-state index contributed by atoms with van der Waals surface area (Å²) in [7, 11) is -3.76. The van der Waals surface area contributed by atoms with E-state index in [0.717, 1.165) is 28.8 Å². The van der Waals surface area contributed by atoms with Gasteiger partial charge in [-0.2, -0.15) is 0 Å². The molecule has 0 radical (unpaired) electrons. The molecule has 1 N–H and O–H groups in total. The zero-order chi connectivity index (χ0) is 17.7. The number of hydrogen-bond donors (Lipinski definition) is 1.